The Hall–Kier alpha value is -0.250. The van der Waals surface area contributed by atoms with Crippen LogP contribution in [0.15, 0.2) is 0 Å². The molecule has 0 rings (SSSR count). The summed E-state index contributed by atoms with van der Waals surface area (Å²) in [7, 11) is -4.19. The van der Waals surface area contributed by atoms with Gasteiger partial charge in [0.2, 0.25) is 0 Å². The summed E-state index contributed by atoms with van der Waals surface area (Å²) in [5.41, 5.74) is 0. The summed E-state index contributed by atoms with van der Waals surface area (Å²) in [4.78, 5) is 0. The molecule has 0 aliphatic heterocycles. The molecule has 0 aromatic carbocycles. The summed E-state index contributed by atoms with van der Waals surface area (Å²) in [5.74, 6) is 0. The molecular weight excluding hydrogens is 252 g/mol. The first kappa shape index (κ1) is 19.1. The van der Waals surface area contributed by atoms with E-state index in [1.165, 1.54) is 0 Å². The molecule has 0 spiro atoms. The number of hydrogen-bond donors (Lipinski definition) is 3. The average molecular weight is 274 g/mol. The molecule has 0 aromatic rings. The highest BCUT2D eigenvalue weighted by Gasteiger charge is 2.01. The van der Waals surface area contributed by atoms with E-state index in [9.17, 15) is 8.42 Å². The Bertz CT molecular complexity index is 250. The Balaban J connectivity index is 0. The van der Waals surface area contributed by atoms with Crippen LogP contribution in [0.25, 0.3) is 0 Å². The van der Waals surface area contributed by atoms with Gasteiger partial charge >= 0.3 is 10.4 Å². The maximum atomic E-state index is 9.72. The van der Waals surface area contributed by atoms with E-state index in [0.29, 0.717) is 13.0 Å². The van der Waals surface area contributed by atoms with Crippen molar-refractivity contribution in [3.63, 3.8) is 0 Å². The van der Waals surface area contributed by atoms with E-state index in [2.05, 4.69) is 4.18 Å². The predicted octanol–water partition coefficient (Wildman–Crippen LogP) is -0.0196. The predicted molar refractivity (Wildman–Crippen MR) is 62.0 cm³/mol. The largest absolute Gasteiger partial charge is 0.397 e. The molecule has 8 heteroatoms. The Kier molecular flexibility index (Phi) is 12.2. The molecule has 106 valence electrons. The fourth-order valence-electron chi connectivity index (χ4n) is 0.545. The van der Waals surface area contributed by atoms with Crippen molar-refractivity contribution < 1.29 is 32.1 Å². The highest BCUT2D eigenvalue weighted by molar-refractivity contribution is 7.80. The van der Waals surface area contributed by atoms with E-state index in [4.69, 9.17) is 19.5 Å². The lowest BCUT2D eigenvalue weighted by molar-refractivity contribution is -0.0177. The maximum Gasteiger partial charge on any atom is 0.397 e. The lowest BCUT2D eigenvalue weighted by Crippen LogP contribution is -2.19. The van der Waals surface area contributed by atoms with Crippen molar-refractivity contribution >= 4 is 10.4 Å². The molecular formula is C9H22O7S. The van der Waals surface area contributed by atoms with E-state index in [1.54, 1.807) is 20.8 Å². The zero-order valence-electron chi connectivity index (χ0n) is 10.4. The molecule has 0 radical (unpaired) electrons. The first-order chi connectivity index (χ1) is 7.72. The van der Waals surface area contributed by atoms with E-state index < -0.39 is 16.5 Å². The van der Waals surface area contributed by atoms with Gasteiger partial charge < -0.3 is 14.9 Å². The molecule has 0 aromatic heterocycles. The second-order valence-electron chi connectivity index (χ2n) is 3.43. The van der Waals surface area contributed by atoms with Gasteiger partial charge in [-0.3, -0.25) is 4.55 Å². The molecule has 0 aliphatic carbocycles. The third-order valence-corrected chi connectivity index (χ3v) is 1.78. The molecule has 0 saturated carbocycles. The topological polar surface area (TPSA) is 113 Å². The van der Waals surface area contributed by atoms with Gasteiger partial charge in [-0.05, 0) is 20.3 Å². The first-order valence-corrected chi connectivity index (χ1v) is 6.61. The highest BCUT2D eigenvalue weighted by atomic mass is 32.3. The van der Waals surface area contributed by atoms with E-state index >= 15 is 0 Å². The van der Waals surface area contributed by atoms with Crippen LogP contribution in [0.4, 0.5) is 0 Å². The van der Waals surface area contributed by atoms with Gasteiger partial charge in [0.15, 0.2) is 0 Å². The molecule has 2 atom stereocenters. The Morgan fingerprint density at radius 3 is 2.06 bits per heavy atom. The third-order valence-electron chi connectivity index (χ3n) is 1.32. The molecule has 7 nitrogen and oxygen atoms in total. The van der Waals surface area contributed by atoms with Crippen LogP contribution in [0.3, 0.4) is 0 Å². The molecule has 0 amide bonds. The van der Waals surface area contributed by atoms with Crippen molar-refractivity contribution in [3.05, 3.63) is 0 Å². The van der Waals surface area contributed by atoms with Crippen LogP contribution in [-0.2, 0) is 19.3 Å². The van der Waals surface area contributed by atoms with Crippen LogP contribution in [0.2, 0.25) is 0 Å². The van der Waals surface area contributed by atoms with Crippen LogP contribution in [0.5, 0.6) is 0 Å². The summed E-state index contributed by atoms with van der Waals surface area (Å²) >= 11 is 0. The van der Waals surface area contributed by atoms with Gasteiger partial charge in [0.1, 0.15) is 0 Å². The number of aliphatic hydroxyl groups is 2. The van der Waals surface area contributed by atoms with Gasteiger partial charge in [-0.25, -0.2) is 4.18 Å². The number of ether oxygens (including phenoxy) is 1. The minimum Gasteiger partial charge on any atom is -0.394 e. The van der Waals surface area contributed by atoms with Gasteiger partial charge in [-0.2, -0.15) is 8.42 Å². The van der Waals surface area contributed by atoms with Crippen LogP contribution in [-0.4, -0.2) is 55.2 Å². The van der Waals surface area contributed by atoms with Crippen molar-refractivity contribution in [1.29, 1.82) is 0 Å². The Labute approximate surface area is 102 Å². The molecule has 0 saturated heterocycles. The second kappa shape index (κ2) is 10.9. The first-order valence-electron chi connectivity index (χ1n) is 5.25. The minimum atomic E-state index is -4.19. The Morgan fingerprint density at radius 2 is 1.82 bits per heavy atom. The van der Waals surface area contributed by atoms with Gasteiger partial charge in [0.05, 0.1) is 32.0 Å². The Morgan fingerprint density at radius 1 is 1.29 bits per heavy atom. The van der Waals surface area contributed by atoms with Crippen molar-refractivity contribution in [2.75, 3.05) is 19.8 Å². The minimum absolute atomic E-state index is 0.00667. The number of rotatable bonds is 7. The lowest BCUT2D eigenvalue weighted by Gasteiger charge is -2.10. The van der Waals surface area contributed by atoms with Crippen LogP contribution in [0.1, 0.15) is 27.2 Å². The molecule has 17 heavy (non-hydrogen) atoms. The zero-order valence-corrected chi connectivity index (χ0v) is 11.2. The van der Waals surface area contributed by atoms with Gasteiger partial charge in [0.25, 0.3) is 0 Å². The lowest BCUT2D eigenvalue weighted by atomic mass is 10.4. The van der Waals surface area contributed by atoms with Gasteiger partial charge in [-0.1, -0.05) is 6.92 Å². The average Bonchev–Trinajstić information content (AvgIpc) is 2.22. The summed E-state index contributed by atoms with van der Waals surface area (Å²) in [5, 5.41) is 17.1. The van der Waals surface area contributed by atoms with Crippen LogP contribution in [0, 0.1) is 0 Å². The molecule has 0 aliphatic rings. The van der Waals surface area contributed by atoms with Crippen molar-refractivity contribution in [2.45, 2.75) is 39.4 Å². The zero-order chi connectivity index (χ0) is 13.9. The molecule has 2 unspecified atom stereocenters. The van der Waals surface area contributed by atoms with Gasteiger partial charge in [-0.15, -0.1) is 0 Å². The molecule has 0 bridgehead atoms. The van der Waals surface area contributed by atoms with Gasteiger partial charge in [0, 0.05) is 0 Å². The van der Waals surface area contributed by atoms with E-state index in [1.807, 2.05) is 0 Å². The number of aliphatic hydroxyl groups excluding tert-OH is 2. The van der Waals surface area contributed by atoms with Crippen molar-refractivity contribution in [3.8, 4) is 0 Å². The van der Waals surface area contributed by atoms with Crippen LogP contribution < -0.4 is 0 Å². The molecule has 0 fully saturated rings. The monoisotopic (exact) mass is 274 g/mol. The number of hydrogen-bond acceptors (Lipinski definition) is 6. The maximum absolute atomic E-state index is 9.72. The highest BCUT2D eigenvalue weighted by Crippen LogP contribution is 1.90. The smallest absolute Gasteiger partial charge is 0.394 e. The van der Waals surface area contributed by atoms with E-state index in [-0.39, 0.29) is 19.3 Å². The fourth-order valence-corrected chi connectivity index (χ4v) is 0.922. The normalized spacial score (nSPS) is 14.7. The summed E-state index contributed by atoms with van der Waals surface area (Å²) in [6.45, 7) is 5.48. The van der Waals surface area contributed by atoms with Crippen LogP contribution >= 0.6 is 0 Å². The van der Waals surface area contributed by atoms with E-state index in [0.717, 1.165) is 0 Å². The SMILES string of the molecule is CC(O)COC(C)CO.CCCOS(=O)(=O)O. The fraction of sp³-hybridized carbons (Fsp3) is 1.00. The quantitative estimate of drug-likeness (QED) is 0.559. The summed E-state index contributed by atoms with van der Waals surface area (Å²) in [6.07, 6.45) is -0.0432. The van der Waals surface area contributed by atoms with Crippen molar-refractivity contribution in [2.24, 2.45) is 0 Å². The molecule has 3 N–H and O–H groups in total. The molecule has 0 heterocycles. The summed E-state index contributed by atoms with van der Waals surface area (Å²) < 4.78 is 36.2. The summed E-state index contributed by atoms with van der Waals surface area (Å²) in [6, 6.07) is 0. The standard InChI is InChI=1S/C6H14O3.C3H8O4S/c1-5(8)4-9-6(2)3-7;1-2-3-7-8(4,5)6/h5-8H,3-4H2,1-2H3;2-3H2,1H3,(H,4,5,6). The van der Waals surface area contributed by atoms with Crippen molar-refractivity contribution in [1.82, 2.24) is 0 Å². The second-order valence-corrected chi connectivity index (χ2v) is 4.52. The third kappa shape index (κ3) is 21.6.